The van der Waals surface area contributed by atoms with Crippen LogP contribution >= 0.6 is 0 Å². The van der Waals surface area contributed by atoms with E-state index in [4.69, 9.17) is 0 Å². The topological polar surface area (TPSA) is 87.4 Å². The van der Waals surface area contributed by atoms with Gasteiger partial charge < -0.3 is 20.4 Å². The van der Waals surface area contributed by atoms with Gasteiger partial charge in [0.25, 0.3) is 0 Å². The molecule has 0 bridgehead atoms. The molecule has 0 amide bonds. The fraction of sp³-hybridized carbons (Fsp3) is 0.250. The second-order valence-corrected chi connectivity index (χ2v) is 3.61. The van der Waals surface area contributed by atoms with Crippen LogP contribution in [0.25, 0.3) is 10.9 Å². The van der Waals surface area contributed by atoms with E-state index >= 15 is 0 Å². The van der Waals surface area contributed by atoms with Gasteiger partial charge in [-0.3, -0.25) is 0 Å². The van der Waals surface area contributed by atoms with E-state index in [-0.39, 0.29) is 63.3 Å². The predicted octanol–water partition coefficient (Wildman–Crippen LogP) is -2.58. The summed E-state index contributed by atoms with van der Waals surface area (Å²) >= 11 is 0. The number of aromatic amines is 1. The largest absolute Gasteiger partial charge is 1.00 e. The van der Waals surface area contributed by atoms with E-state index in [1.807, 2.05) is 24.3 Å². The Morgan fingerprint density at radius 3 is 2.65 bits per heavy atom. The fourth-order valence-electron chi connectivity index (χ4n) is 1.69. The van der Waals surface area contributed by atoms with Crippen LogP contribution in [0.1, 0.15) is 18.5 Å². The van der Waals surface area contributed by atoms with E-state index in [0.29, 0.717) is 6.42 Å². The number of carboxylic acids is 1. The summed E-state index contributed by atoms with van der Waals surface area (Å²) in [4.78, 5) is 13.5. The molecule has 86 valence electrons. The third kappa shape index (κ3) is 4.91. The zero-order chi connectivity index (χ0) is 10.7. The Labute approximate surface area is 142 Å². The van der Waals surface area contributed by atoms with Crippen molar-refractivity contribution in [1.29, 1.82) is 0 Å². The number of carboxylic acid groups (broad SMARTS) is 1. The average molecular weight is 259 g/mol. The number of para-hydroxylation sites is 1. The number of aromatic nitrogens is 1. The number of aryl methyl sites for hydroxylation is 1. The smallest absolute Gasteiger partial charge is 0.550 e. The molecule has 17 heavy (non-hydrogen) atoms. The molecule has 0 saturated heterocycles. The maximum Gasteiger partial charge on any atom is 1.00 e. The van der Waals surface area contributed by atoms with Gasteiger partial charge in [0.05, 0.1) is 0 Å². The zero-order valence-corrected chi connectivity index (χ0v) is 12.9. The number of benzene rings is 1. The Morgan fingerprint density at radius 2 is 2.00 bits per heavy atom. The Hall–Kier alpha value is -0.174. The van der Waals surface area contributed by atoms with Gasteiger partial charge in [-0.25, -0.2) is 0 Å². The van der Waals surface area contributed by atoms with Crippen LogP contribution in [-0.2, 0) is 11.2 Å². The Kier molecular flexibility index (Phi) is 7.94. The molecule has 0 unspecified atom stereocenters. The minimum absolute atomic E-state index is 0. The monoisotopic (exact) mass is 259 g/mol. The molecule has 2 rings (SSSR count). The van der Waals surface area contributed by atoms with E-state index in [9.17, 15) is 9.90 Å². The van der Waals surface area contributed by atoms with Crippen molar-refractivity contribution in [3.8, 4) is 0 Å². The van der Waals surface area contributed by atoms with Crippen LogP contribution in [0.2, 0.25) is 0 Å². The van der Waals surface area contributed by atoms with Crippen molar-refractivity contribution in [1.82, 2.24) is 4.98 Å². The minimum Gasteiger partial charge on any atom is -0.550 e. The first-order chi connectivity index (χ1) is 7.25. The summed E-state index contributed by atoms with van der Waals surface area (Å²) in [6, 6.07) is 10.1. The molecule has 3 N–H and O–H groups in total. The molecule has 0 aliphatic carbocycles. The predicted molar refractivity (Wildman–Crippen MR) is 59.9 cm³/mol. The first-order valence-electron chi connectivity index (χ1n) is 5.02. The molecular formula is C12H14KNO3. The summed E-state index contributed by atoms with van der Waals surface area (Å²) in [6.45, 7) is 0. The molecule has 5 heteroatoms. The third-order valence-electron chi connectivity index (χ3n) is 2.41. The van der Waals surface area contributed by atoms with E-state index in [0.717, 1.165) is 17.6 Å². The first-order valence-corrected chi connectivity index (χ1v) is 5.02. The van der Waals surface area contributed by atoms with Crippen LogP contribution < -0.4 is 56.5 Å². The zero-order valence-electron chi connectivity index (χ0n) is 9.82. The molecule has 0 aliphatic rings. The maximum atomic E-state index is 10.2. The Morgan fingerprint density at radius 1 is 1.29 bits per heavy atom. The van der Waals surface area contributed by atoms with Crippen LogP contribution in [0.5, 0.6) is 0 Å². The number of rotatable bonds is 4. The van der Waals surface area contributed by atoms with Gasteiger partial charge in [-0.15, -0.1) is 0 Å². The molecule has 4 nitrogen and oxygen atoms in total. The Balaban J connectivity index is 0.00000128. The van der Waals surface area contributed by atoms with Crippen molar-refractivity contribution in [2.75, 3.05) is 0 Å². The van der Waals surface area contributed by atoms with Crippen molar-refractivity contribution in [3.63, 3.8) is 0 Å². The molecule has 2 aromatic rings. The standard InChI is InChI=1S/C12H13NO2.K.H2O/c14-12(15)7-3-5-10-8-9-4-1-2-6-11(9)13-10;;/h1-2,4,6,8,13H,3,5,7H2,(H,14,15);;1H2/q;+1;/p-1. The van der Waals surface area contributed by atoms with Gasteiger partial charge in [0.15, 0.2) is 0 Å². The first kappa shape index (κ1) is 16.8. The van der Waals surface area contributed by atoms with Crippen molar-refractivity contribution in [3.05, 3.63) is 36.0 Å². The quantitative estimate of drug-likeness (QED) is 0.611. The number of hydrogen-bond donors (Lipinski definition) is 1. The second kappa shape index (κ2) is 8.02. The second-order valence-electron chi connectivity index (χ2n) is 3.61. The molecule has 0 spiro atoms. The normalized spacial score (nSPS) is 9.41. The summed E-state index contributed by atoms with van der Waals surface area (Å²) < 4.78 is 0. The SMILES string of the molecule is O.O=C([O-])CCCc1cc2ccccc2[nH]1.[K+]. The van der Waals surface area contributed by atoms with Gasteiger partial charge in [-0.1, -0.05) is 18.2 Å². The van der Waals surface area contributed by atoms with Gasteiger partial charge in [0.2, 0.25) is 0 Å². The summed E-state index contributed by atoms with van der Waals surface area (Å²) in [6.07, 6.45) is 1.49. The molecule has 1 aromatic heterocycles. The summed E-state index contributed by atoms with van der Waals surface area (Å²) in [7, 11) is 0. The molecule has 1 heterocycles. The van der Waals surface area contributed by atoms with Crippen LogP contribution in [0.4, 0.5) is 0 Å². The van der Waals surface area contributed by atoms with Crippen LogP contribution in [0.15, 0.2) is 30.3 Å². The van der Waals surface area contributed by atoms with Crippen LogP contribution in [-0.4, -0.2) is 16.4 Å². The van der Waals surface area contributed by atoms with Crippen molar-refractivity contribution in [2.45, 2.75) is 19.3 Å². The number of aliphatic carboxylic acids is 1. The molecular weight excluding hydrogens is 245 g/mol. The fourth-order valence-corrected chi connectivity index (χ4v) is 1.69. The summed E-state index contributed by atoms with van der Waals surface area (Å²) in [5.74, 6) is -0.980. The summed E-state index contributed by atoms with van der Waals surface area (Å²) in [5, 5.41) is 11.4. The maximum absolute atomic E-state index is 10.2. The van der Waals surface area contributed by atoms with Gasteiger partial charge >= 0.3 is 51.4 Å². The van der Waals surface area contributed by atoms with Crippen molar-refractivity contribution in [2.24, 2.45) is 0 Å². The van der Waals surface area contributed by atoms with E-state index < -0.39 is 5.97 Å². The van der Waals surface area contributed by atoms with E-state index in [1.165, 1.54) is 5.39 Å². The molecule has 1 aromatic carbocycles. The van der Waals surface area contributed by atoms with E-state index in [2.05, 4.69) is 11.1 Å². The average Bonchev–Trinajstić information content (AvgIpc) is 2.59. The number of nitrogens with one attached hydrogen (secondary N) is 1. The van der Waals surface area contributed by atoms with Gasteiger partial charge in [-0.05, 0) is 36.8 Å². The molecule has 0 atom stereocenters. The molecule has 0 fully saturated rings. The number of hydrogen-bond acceptors (Lipinski definition) is 2. The number of carbonyl (C=O) groups excluding carboxylic acids is 1. The van der Waals surface area contributed by atoms with Gasteiger partial charge in [0, 0.05) is 17.2 Å². The molecule has 0 saturated carbocycles. The van der Waals surface area contributed by atoms with Gasteiger partial charge in [0.1, 0.15) is 0 Å². The molecule has 0 aliphatic heterocycles. The Bertz CT molecular complexity index is 448. The number of carbonyl (C=O) groups is 1. The van der Waals surface area contributed by atoms with Crippen molar-refractivity contribution < 1.29 is 66.8 Å². The van der Waals surface area contributed by atoms with Crippen LogP contribution in [0.3, 0.4) is 0 Å². The van der Waals surface area contributed by atoms with Crippen LogP contribution in [0, 0.1) is 0 Å². The molecule has 0 radical (unpaired) electrons. The third-order valence-corrected chi connectivity index (χ3v) is 2.41. The van der Waals surface area contributed by atoms with Crippen molar-refractivity contribution >= 4 is 16.9 Å². The van der Waals surface area contributed by atoms with E-state index in [1.54, 1.807) is 0 Å². The minimum atomic E-state index is -0.980. The van der Waals surface area contributed by atoms with Gasteiger partial charge in [-0.2, -0.15) is 0 Å². The number of fused-ring (bicyclic) bond motifs is 1. The number of H-pyrrole nitrogens is 1. The summed E-state index contributed by atoms with van der Waals surface area (Å²) in [5.41, 5.74) is 2.18.